The van der Waals surface area contributed by atoms with E-state index in [4.69, 9.17) is 4.74 Å². The number of nitrogens with zero attached hydrogens (tertiary/aromatic N) is 2. The van der Waals surface area contributed by atoms with Crippen molar-refractivity contribution in [3.63, 3.8) is 0 Å². The van der Waals surface area contributed by atoms with Crippen molar-refractivity contribution in [3.05, 3.63) is 63.7 Å². The number of benzene rings is 2. The molecule has 0 aromatic heterocycles. The third-order valence-electron chi connectivity index (χ3n) is 5.96. The Kier molecular flexibility index (Phi) is 8.00. The van der Waals surface area contributed by atoms with Crippen LogP contribution in [-0.2, 0) is 19.6 Å². The quantitative estimate of drug-likeness (QED) is 0.339. The summed E-state index contributed by atoms with van der Waals surface area (Å²) in [7, 11) is -2.31. The van der Waals surface area contributed by atoms with Gasteiger partial charge in [-0.25, -0.2) is 13.2 Å². The van der Waals surface area contributed by atoms with Crippen molar-refractivity contribution < 1.29 is 27.7 Å². The maximum atomic E-state index is 13.2. The number of hydrogen-bond donors (Lipinski definition) is 1. The molecule has 0 saturated heterocycles. The molecule has 1 saturated carbocycles. The summed E-state index contributed by atoms with van der Waals surface area (Å²) in [6, 6.07) is 9.93. The molecular weight excluding hydrogens is 462 g/mol. The Morgan fingerprint density at radius 1 is 1.12 bits per heavy atom. The van der Waals surface area contributed by atoms with Gasteiger partial charge in [0.05, 0.1) is 16.2 Å². The molecule has 0 bridgehead atoms. The van der Waals surface area contributed by atoms with Crippen LogP contribution >= 0.6 is 0 Å². The average Bonchev–Trinajstić information content (AvgIpc) is 2.82. The second-order valence-corrected chi connectivity index (χ2v) is 10.1. The molecule has 0 heterocycles. The summed E-state index contributed by atoms with van der Waals surface area (Å²) in [4.78, 5) is 35.2. The highest BCUT2D eigenvalue weighted by Crippen LogP contribution is 2.30. The van der Waals surface area contributed by atoms with E-state index in [9.17, 15) is 28.1 Å². The van der Waals surface area contributed by atoms with Crippen molar-refractivity contribution in [2.45, 2.75) is 50.0 Å². The highest BCUT2D eigenvalue weighted by molar-refractivity contribution is 7.89. The number of ether oxygens (including phenoxy) is 1. The zero-order valence-electron chi connectivity index (χ0n) is 19.0. The molecule has 0 spiro atoms. The molecule has 0 atom stereocenters. The molecule has 1 aliphatic rings. The van der Waals surface area contributed by atoms with Crippen LogP contribution in [0.25, 0.3) is 0 Å². The van der Waals surface area contributed by atoms with Crippen LogP contribution in [0, 0.1) is 17.0 Å². The van der Waals surface area contributed by atoms with E-state index in [1.54, 1.807) is 19.2 Å². The average molecular weight is 490 g/mol. The highest BCUT2D eigenvalue weighted by Gasteiger charge is 2.31. The van der Waals surface area contributed by atoms with E-state index in [-0.39, 0.29) is 33.4 Å². The Balaban J connectivity index is 1.70. The first-order valence-electron chi connectivity index (χ1n) is 10.9. The minimum absolute atomic E-state index is 0.0286. The standard InChI is InChI=1S/C23H27N3O7S/c1-16-18(11-8-13-20(16)26(29)30)23(28)33-15-22(27)24-19-12-6-7-14-21(19)34(31,32)25(2)17-9-4-3-5-10-17/h6-8,11-14,17H,3-5,9-10,15H2,1-2H3,(H,24,27). The van der Waals surface area contributed by atoms with Gasteiger partial charge >= 0.3 is 5.97 Å². The summed E-state index contributed by atoms with van der Waals surface area (Å²) in [6.45, 7) is 0.729. The van der Waals surface area contributed by atoms with E-state index < -0.39 is 33.4 Å². The molecule has 1 fully saturated rings. The molecule has 1 amide bonds. The zero-order valence-corrected chi connectivity index (χ0v) is 19.8. The fourth-order valence-corrected chi connectivity index (χ4v) is 5.59. The fourth-order valence-electron chi connectivity index (χ4n) is 4.03. The molecule has 182 valence electrons. The monoisotopic (exact) mass is 489 g/mol. The number of nitro groups is 1. The van der Waals surface area contributed by atoms with Crippen LogP contribution in [0.1, 0.15) is 48.0 Å². The van der Waals surface area contributed by atoms with Crippen LogP contribution in [0.15, 0.2) is 47.4 Å². The van der Waals surface area contributed by atoms with Gasteiger partial charge in [0.15, 0.2) is 6.61 Å². The summed E-state index contributed by atoms with van der Waals surface area (Å²) >= 11 is 0. The van der Waals surface area contributed by atoms with Crippen LogP contribution < -0.4 is 5.32 Å². The smallest absolute Gasteiger partial charge is 0.339 e. The van der Waals surface area contributed by atoms with Crippen LogP contribution in [0.4, 0.5) is 11.4 Å². The summed E-state index contributed by atoms with van der Waals surface area (Å²) in [5.41, 5.74) is -0.0583. The molecule has 11 heteroatoms. The van der Waals surface area contributed by atoms with Gasteiger partial charge in [-0.1, -0.05) is 37.5 Å². The second kappa shape index (κ2) is 10.7. The lowest BCUT2D eigenvalue weighted by atomic mass is 9.96. The Hall–Kier alpha value is -3.31. The van der Waals surface area contributed by atoms with E-state index in [1.807, 2.05) is 0 Å². The topological polar surface area (TPSA) is 136 Å². The number of anilines is 1. The number of nitro benzene ring substituents is 1. The lowest BCUT2D eigenvalue weighted by Gasteiger charge is -2.30. The molecule has 3 rings (SSSR count). The molecule has 0 unspecified atom stereocenters. The van der Waals surface area contributed by atoms with Crippen molar-refractivity contribution in [2.75, 3.05) is 19.0 Å². The van der Waals surface area contributed by atoms with Gasteiger partial charge in [0.25, 0.3) is 11.6 Å². The number of para-hydroxylation sites is 1. The maximum absolute atomic E-state index is 13.2. The first-order chi connectivity index (χ1) is 16.1. The predicted molar refractivity (Wildman–Crippen MR) is 125 cm³/mol. The predicted octanol–water partition coefficient (Wildman–Crippen LogP) is 3.65. The van der Waals surface area contributed by atoms with E-state index in [1.165, 1.54) is 41.6 Å². The number of nitrogens with one attached hydrogen (secondary N) is 1. The van der Waals surface area contributed by atoms with Gasteiger partial charge in [0.1, 0.15) is 4.90 Å². The van der Waals surface area contributed by atoms with Crippen molar-refractivity contribution in [3.8, 4) is 0 Å². The highest BCUT2D eigenvalue weighted by atomic mass is 32.2. The zero-order chi connectivity index (χ0) is 24.9. The van der Waals surface area contributed by atoms with Crippen molar-refractivity contribution in [2.24, 2.45) is 0 Å². The Labute approximate surface area is 198 Å². The number of amides is 1. The van der Waals surface area contributed by atoms with Crippen LogP contribution in [0.2, 0.25) is 0 Å². The van der Waals surface area contributed by atoms with Gasteiger partial charge in [-0.05, 0) is 38.0 Å². The molecule has 2 aromatic carbocycles. The van der Waals surface area contributed by atoms with Crippen molar-refractivity contribution >= 4 is 33.3 Å². The summed E-state index contributed by atoms with van der Waals surface area (Å²) < 4.78 is 32.9. The molecule has 0 radical (unpaired) electrons. The minimum Gasteiger partial charge on any atom is -0.452 e. The number of hydrogen-bond acceptors (Lipinski definition) is 7. The minimum atomic E-state index is -3.86. The third-order valence-corrected chi connectivity index (χ3v) is 7.93. The normalized spacial score (nSPS) is 14.6. The Morgan fingerprint density at radius 3 is 2.47 bits per heavy atom. The Morgan fingerprint density at radius 2 is 1.79 bits per heavy atom. The number of carbonyl (C=O) groups is 2. The van der Waals surface area contributed by atoms with E-state index >= 15 is 0 Å². The maximum Gasteiger partial charge on any atom is 0.339 e. The first kappa shape index (κ1) is 25.3. The second-order valence-electron chi connectivity index (χ2n) is 8.14. The molecule has 34 heavy (non-hydrogen) atoms. The third kappa shape index (κ3) is 5.60. The van der Waals surface area contributed by atoms with Gasteiger partial charge in [-0.15, -0.1) is 0 Å². The van der Waals surface area contributed by atoms with Crippen LogP contribution in [-0.4, -0.2) is 49.2 Å². The van der Waals surface area contributed by atoms with E-state index in [0.29, 0.717) is 0 Å². The molecule has 10 nitrogen and oxygen atoms in total. The number of rotatable bonds is 8. The van der Waals surface area contributed by atoms with E-state index in [2.05, 4.69) is 5.32 Å². The first-order valence-corrected chi connectivity index (χ1v) is 12.3. The van der Waals surface area contributed by atoms with Crippen molar-refractivity contribution in [1.29, 1.82) is 0 Å². The molecule has 0 aliphatic heterocycles. The van der Waals surface area contributed by atoms with Gasteiger partial charge in [0.2, 0.25) is 10.0 Å². The van der Waals surface area contributed by atoms with Crippen LogP contribution in [0.5, 0.6) is 0 Å². The summed E-state index contributed by atoms with van der Waals surface area (Å²) in [5, 5.41) is 13.6. The van der Waals surface area contributed by atoms with Crippen LogP contribution in [0.3, 0.4) is 0 Å². The fraction of sp³-hybridized carbons (Fsp3) is 0.391. The van der Waals surface area contributed by atoms with Gasteiger partial charge in [-0.3, -0.25) is 14.9 Å². The molecule has 1 aliphatic carbocycles. The lowest BCUT2D eigenvalue weighted by Crippen LogP contribution is -2.38. The summed E-state index contributed by atoms with van der Waals surface area (Å²) in [5.74, 6) is -1.63. The number of esters is 1. The van der Waals surface area contributed by atoms with Gasteiger partial charge < -0.3 is 10.1 Å². The van der Waals surface area contributed by atoms with Gasteiger partial charge in [0, 0.05) is 24.7 Å². The lowest BCUT2D eigenvalue weighted by molar-refractivity contribution is -0.385. The summed E-state index contributed by atoms with van der Waals surface area (Å²) in [6.07, 6.45) is 4.61. The van der Waals surface area contributed by atoms with E-state index in [0.717, 1.165) is 32.1 Å². The molecular formula is C23H27N3O7S. The number of carbonyl (C=O) groups excluding carboxylic acids is 2. The van der Waals surface area contributed by atoms with Crippen molar-refractivity contribution in [1.82, 2.24) is 4.31 Å². The SMILES string of the molecule is Cc1c(C(=O)OCC(=O)Nc2ccccc2S(=O)(=O)N(C)C2CCCCC2)cccc1[N+](=O)[O-]. The largest absolute Gasteiger partial charge is 0.452 e. The Bertz CT molecular complexity index is 1190. The van der Waals surface area contributed by atoms with Gasteiger partial charge in [-0.2, -0.15) is 4.31 Å². The number of sulfonamides is 1. The molecule has 1 N–H and O–H groups in total. The molecule has 2 aromatic rings.